The lowest BCUT2D eigenvalue weighted by Gasteiger charge is -2.14. The lowest BCUT2D eigenvalue weighted by Crippen LogP contribution is -2.20. The van der Waals surface area contributed by atoms with Crippen LogP contribution in [0.4, 0.5) is 11.4 Å². The normalized spacial score (nSPS) is 10.8. The molecule has 184 valence electrons. The van der Waals surface area contributed by atoms with E-state index in [0.29, 0.717) is 28.6 Å². The molecule has 2 N–H and O–H groups in total. The van der Waals surface area contributed by atoms with Gasteiger partial charge in [0.05, 0.1) is 11.6 Å². The van der Waals surface area contributed by atoms with Crippen LogP contribution in [0.5, 0.6) is 11.5 Å². The van der Waals surface area contributed by atoms with Crippen molar-refractivity contribution in [3.63, 3.8) is 0 Å². The number of nitrogens with one attached hydrogen (secondary N) is 2. The van der Waals surface area contributed by atoms with Gasteiger partial charge in [-0.3, -0.25) is 9.59 Å². The number of carbonyl (C=O) groups is 2. The van der Waals surface area contributed by atoms with Gasteiger partial charge in [0.2, 0.25) is 0 Å². The first-order valence-electron chi connectivity index (χ1n) is 10.9. The van der Waals surface area contributed by atoms with Gasteiger partial charge in [-0.2, -0.15) is 5.26 Å². The van der Waals surface area contributed by atoms with Crippen LogP contribution < -0.4 is 20.1 Å². The van der Waals surface area contributed by atoms with Crippen LogP contribution in [0.25, 0.3) is 6.08 Å². The number of nitriles is 1. The van der Waals surface area contributed by atoms with Crippen LogP contribution in [0, 0.1) is 18.3 Å². The average Bonchev–Trinajstić information content (AvgIpc) is 2.85. The minimum absolute atomic E-state index is 0.120. The molecule has 36 heavy (non-hydrogen) atoms. The van der Waals surface area contributed by atoms with E-state index < -0.39 is 11.8 Å². The molecule has 0 unspecified atom stereocenters. The lowest BCUT2D eigenvalue weighted by atomic mass is 10.1. The van der Waals surface area contributed by atoms with Gasteiger partial charge in [0.15, 0.2) is 18.1 Å². The monoisotopic (exact) mass is 523 g/mol. The second-order valence-electron chi connectivity index (χ2n) is 7.60. The molecule has 0 aromatic heterocycles. The minimum atomic E-state index is -0.561. The summed E-state index contributed by atoms with van der Waals surface area (Å²) in [5.41, 5.74) is 2.52. The fourth-order valence-corrected chi connectivity index (χ4v) is 3.49. The van der Waals surface area contributed by atoms with Crippen molar-refractivity contribution in [2.45, 2.75) is 13.8 Å². The van der Waals surface area contributed by atoms with E-state index in [1.165, 1.54) is 12.1 Å². The predicted molar refractivity (Wildman–Crippen MR) is 142 cm³/mol. The fourth-order valence-electron chi connectivity index (χ4n) is 3.09. The molecule has 0 saturated heterocycles. The number of hydrogen-bond acceptors (Lipinski definition) is 5. The summed E-state index contributed by atoms with van der Waals surface area (Å²) in [4.78, 5) is 24.9. The Labute approximate surface area is 219 Å². The third kappa shape index (κ3) is 7.51. The van der Waals surface area contributed by atoms with Gasteiger partial charge >= 0.3 is 0 Å². The number of rotatable bonds is 9. The molecule has 0 aliphatic rings. The molecule has 3 aromatic rings. The van der Waals surface area contributed by atoms with E-state index in [0.717, 1.165) is 5.56 Å². The number of carbonyl (C=O) groups excluding carboxylic acids is 2. The number of aryl methyl sites for hydroxylation is 1. The Morgan fingerprint density at radius 1 is 0.972 bits per heavy atom. The summed E-state index contributed by atoms with van der Waals surface area (Å²) in [6, 6.07) is 18.9. The van der Waals surface area contributed by atoms with Crippen LogP contribution in [0.2, 0.25) is 10.0 Å². The Balaban J connectivity index is 1.76. The number of benzene rings is 3. The highest BCUT2D eigenvalue weighted by Gasteiger charge is 2.16. The zero-order valence-electron chi connectivity index (χ0n) is 19.6. The number of ether oxygens (including phenoxy) is 2. The zero-order chi connectivity index (χ0) is 26.1. The molecule has 0 aliphatic carbocycles. The standard InChI is InChI=1S/C27H23Cl2N3O4/c1-3-35-24-14-18(12-19(15-30)27(34)32-22-8-4-17(2)5-9-22)13-23(29)26(24)36-16-25(33)31-21-10-6-20(28)7-11-21/h4-14H,3,16H2,1-2H3,(H,31,33)(H,32,34)/b19-12+. The maximum Gasteiger partial charge on any atom is 0.266 e. The molecule has 2 amide bonds. The summed E-state index contributed by atoms with van der Waals surface area (Å²) in [7, 11) is 0. The minimum Gasteiger partial charge on any atom is -0.490 e. The number of anilines is 2. The second-order valence-corrected chi connectivity index (χ2v) is 8.44. The third-order valence-electron chi connectivity index (χ3n) is 4.79. The lowest BCUT2D eigenvalue weighted by molar-refractivity contribution is -0.118. The van der Waals surface area contributed by atoms with Crippen LogP contribution in [0.1, 0.15) is 18.1 Å². The van der Waals surface area contributed by atoms with Crippen LogP contribution in [0.15, 0.2) is 66.2 Å². The molecular formula is C27H23Cl2N3O4. The molecule has 0 radical (unpaired) electrons. The van der Waals surface area contributed by atoms with Crippen molar-refractivity contribution in [3.05, 3.63) is 87.4 Å². The highest BCUT2D eigenvalue weighted by atomic mass is 35.5. The first-order chi connectivity index (χ1) is 17.3. The topological polar surface area (TPSA) is 100 Å². The van der Waals surface area contributed by atoms with Crippen molar-refractivity contribution in [3.8, 4) is 17.6 Å². The molecule has 0 saturated carbocycles. The van der Waals surface area contributed by atoms with Gasteiger partial charge in [-0.1, -0.05) is 40.9 Å². The largest absolute Gasteiger partial charge is 0.490 e. The number of hydrogen-bond donors (Lipinski definition) is 2. The van der Waals surface area contributed by atoms with E-state index in [1.807, 2.05) is 25.1 Å². The molecule has 3 aromatic carbocycles. The van der Waals surface area contributed by atoms with E-state index >= 15 is 0 Å². The van der Waals surface area contributed by atoms with E-state index in [4.69, 9.17) is 32.7 Å². The molecule has 0 heterocycles. The Morgan fingerprint density at radius 2 is 1.61 bits per heavy atom. The molecule has 0 atom stereocenters. The molecule has 0 bridgehead atoms. The number of amides is 2. The Morgan fingerprint density at radius 3 is 2.25 bits per heavy atom. The van der Waals surface area contributed by atoms with Gasteiger partial charge < -0.3 is 20.1 Å². The van der Waals surface area contributed by atoms with Gasteiger partial charge in [0.25, 0.3) is 11.8 Å². The van der Waals surface area contributed by atoms with E-state index in [9.17, 15) is 14.9 Å². The predicted octanol–water partition coefficient (Wildman–Crippen LogP) is 6.26. The Bertz CT molecular complexity index is 1310. The Kier molecular flexibility index (Phi) is 9.34. The van der Waals surface area contributed by atoms with Gasteiger partial charge in [-0.25, -0.2) is 0 Å². The average molecular weight is 524 g/mol. The maximum atomic E-state index is 12.6. The molecule has 0 spiro atoms. The fraction of sp³-hybridized carbons (Fsp3) is 0.148. The Hall–Kier alpha value is -3.99. The summed E-state index contributed by atoms with van der Waals surface area (Å²) in [6.07, 6.45) is 1.40. The highest BCUT2D eigenvalue weighted by Crippen LogP contribution is 2.37. The van der Waals surface area contributed by atoms with Crippen LogP contribution >= 0.6 is 23.2 Å². The van der Waals surface area contributed by atoms with Gasteiger partial charge in [0.1, 0.15) is 11.6 Å². The van der Waals surface area contributed by atoms with Crippen LogP contribution in [-0.4, -0.2) is 25.0 Å². The van der Waals surface area contributed by atoms with Crippen LogP contribution in [-0.2, 0) is 9.59 Å². The van der Waals surface area contributed by atoms with E-state index in [-0.39, 0.29) is 28.7 Å². The number of halogens is 2. The first kappa shape index (κ1) is 26.6. The quantitative estimate of drug-likeness (QED) is 0.254. The van der Waals surface area contributed by atoms with Gasteiger partial charge in [-0.15, -0.1) is 0 Å². The molecule has 9 heteroatoms. The third-order valence-corrected chi connectivity index (χ3v) is 5.33. The first-order valence-corrected chi connectivity index (χ1v) is 11.7. The summed E-state index contributed by atoms with van der Waals surface area (Å²) in [6.45, 7) is 3.70. The van der Waals surface area contributed by atoms with Crippen molar-refractivity contribution in [1.82, 2.24) is 0 Å². The van der Waals surface area contributed by atoms with Crippen LogP contribution in [0.3, 0.4) is 0 Å². The van der Waals surface area contributed by atoms with Gasteiger partial charge in [-0.05, 0) is 74.0 Å². The summed E-state index contributed by atoms with van der Waals surface area (Å²) >= 11 is 12.3. The molecule has 0 aliphatic heterocycles. The summed E-state index contributed by atoms with van der Waals surface area (Å²) < 4.78 is 11.3. The van der Waals surface area contributed by atoms with Crippen molar-refractivity contribution in [2.24, 2.45) is 0 Å². The summed E-state index contributed by atoms with van der Waals surface area (Å²) in [5.74, 6) is -0.523. The zero-order valence-corrected chi connectivity index (χ0v) is 21.1. The van der Waals surface area contributed by atoms with Crippen molar-refractivity contribution >= 4 is 52.5 Å². The molecule has 3 rings (SSSR count). The molecule has 7 nitrogen and oxygen atoms in total. The molecular weight excluding hydrogens is 501 g/mol. The van der Waals surface area contributed by atoms with E-state index in [2.05, 4.69) is 10.6 Å². The van der Waals surface area contributed by atoms with Crippen molar-refractivity contribution in [1.29, 1.82) is 5.26 Å². The second kappa shape index (κ2) is 12.6. The smallest absolute Gasteiger partial charge is 0.266 e. The highest BCUT2D eigenvalue weighted by molar-refractivity contribution is 6.32. The SMILES string of the molecule is CCOc1cc(/C=C(\C#N)C(=O)Nc2ccc(C)cc2)cc(Cl)c1OCC(=O)Nc1ccc(Cl)cc1. The number of nitrogens with zero attached hydrogens (tertiary/aromatic N) is 1. The summed E-state index contributed by atoms with van der Waals surface area (Å²) in [5, 5.41) is 15.6. The van der Waals surface area contributed by atoms with Gasteiger partial charge in [0, 0.05) is 16.4 Å². The van der Waals surface area contributed by atoms with Crippen molar-refractivity contribution < 1.29 is 19.1 Å². The van der Waals surface area contributed by atoms with Crippen molar-refractivity contribution in [2.75, 3.05) is 23.8 Å². The maximum absolute atomic E-state index is 12.6. The van der Waals surface area contributed by atoms with E-state index in [1.54, 1.807) is 49.4 Å². The molecule has 0 fully saturated rings.